The highest BCUT2D eigenvalue weighted by Gasteiger charge is 2.72. The van der Waals surface area contributed by atoms with E-state index in [1.165, 1.54) is 0 Å². The molecule has 8 rings (SSSR count). The molecule has 22 nitrogen and oxygen atoms in total. The predicted molar refractivity (Wildman–Crippen MR) is 260 cm³/mol. The van der Waals surface area contributed by atoms with Gasteiger partial charge in [-0.2, -0.15) is 0 Å². The molecular weight excluding hydrogens is 989 g/mol. The summed E-state index contributed by atoms with van der Waals surface area (Å²) in [7, 11) is 0. The second-order valence-corrected chi connectivity index (χ2v) is 25.3. The first kappa shape index (κ1) is 60.0. The minimum Gasteiger partial charge on any atom is -0.394 e. The number of hydrogen-bond donors (Lipinski definition) is 14. The first-order valence-electron chi connectivity index (χ1n) is 27.3. The Kier molecular flexibility index (Phi) is 18.1. The quantitative estimate of drug-likeness (QED) is 0.0651. The molecule has 0 aromatic rings. The SMILES string of the molecule is CC(C)=CCC[C@@](C)(O[C@@H]1O[C@H](CO[C@@H]2OC[C@@H](O)[C@H](O)[C@H]2O)[C@@H](O)[C@H](O)[C@H]1O)[C@H]1CC[C@]2(C)[C@@H]1[C@H](O)C[C@@H]1[C@@]3(C)CC[C@H](O[C@@H]4O[C@H](CO)[C@@H](O)[C@H](O)[C@H]4O[C@@H]4O[C@H](CO)[C@@H](O)[C@H](O)[C@H]4O)C(C)(C)[C@@H]3CC[C@]12C. The van der Waals surface area contributed by atoms with E-state index in [-0.39, 0.29) is 41.1 Å². The fourth-order valence-electron chi connectivity index (χ4n) is 16.0. The number of aliphatic hydroxyl groups excluding tert-OH is 14. The van der Waals surface area contributed by atoms with Crippen molar-refractivity contribution in [3.8, 4) is 0 Å². The monoisotopic (exact) mass is 1080 g/mol. The topological polar surface area (TPSA) is 357 Å². The van der Waals surface area contributed by atoms with Crippen LogP contribution in [0.3, 0.4) is 0 Å². The highest BCUT2D eigenvalue weighted by Crippen LogP contribution is 2.76. The van der Waals surface area contributed by atoms with Gasteiger partial charge in [-0.1, -0.05) is 46.3 Å². The van der Waals surface area contributed by atoms with E-state index in [4.69, 9.17) is 37.9 Å². The van der Waals surface area contributed by atoms with Crippen molar-refractivity contribution in [2.45, 2.75) is 248 Å². The van der Waals surface area contributed by atoms with Crippen LogP contribution in [0.5, 0.6) is 0 Å². The van der Waals surface area contributed by atoms with Gasteiger partial charge in [0.15, 0.2) is 25.2 Å². The van der Waals surface area contributed by atoms with Crippen molar-refractivity contribution >= 4 is 0 Å². The minimum atomic E-state index is -1.81. The van der Waals surface area contributed by atoms with Crippen molar-refractivity contribution in [3.63, 3.8) is 0 Å². The zero-order valence-electron chi connectivity index (χ0n) is 44.7. The average molecular weight is 1080 g/mol. The second-order valence-electron chi connectivity index (χ2n) is 25.3. The molecule has 0 bridgehead atoms. The van der Waals surface area contributed by atoms with Crippen LogP contribution in [0.15, 0.2) is 11.6 Å². The van der Waals surface area contributed by atoms with Gasteiger partial charge < -0.3 is 109 Å². The van der Waals surface area contributed by atoms with Crippen LogP contribution < -0.4 is 0 Å². The molecule has 0 spiro atoms. The number of aliphatic hydroxyl groups is 14. The van der Waals surface area contributed by atoms with Gasteiger partial charge in [0, 0.05) is 0 Å². The molecule has 0 radical (unpaired) electrons. The maximum absolute atomic E-state index is 12.8. The van der Waals surface area contributed by atoms with Crippen LogP contribution in [0.1, 0.15) is 113 Å². The van der Waals surface area contributed by atoms with Crippen LogP contribution in [0, 0.1) is 45.3 Å². The van der Waals surface area contributed by atoms with Crippen molar-refractivity contribution in [1.29, 1.82) is 0 Å². The molecule has 0 aromatic heterocycles. The van der Waals surface area contributed by atoms with E-state index < -0.39 is 165 Å². The zero-order chi connectivity index (χ0) is 55.1. The van der Waals surface area contributed by atoms with E-state index in [1.807, 2.05) is 20.8 Å². The standard InChI is InChI=1S/C53H90O22/c1-23(2)10-9-14-53(8,75-47-43(67)39(63)37(61)29(72-47)22-69-45-41(65)34(58)26(57)21-68-45)24-11-16-52(7)33(24)25(56)18-31-50(5)15-13-32(49(3,4)30(50)12-17-51(31,52)6)73-48-44(40(64)36(60)28(20-55)71-48)74-46-42(66)38(62)35(59)27(19-54)70-46/h10,24-48,54-67H,9,11-22H2,1-8H3/t24-,25+,26+,27+,28+,29+,30-,31+,32-,33-,34-,35+,36+,37+,38-,39-,40-,41+,42+,43+,44+,45-,46-,47-,48-,50-,51+,52+,53+/m0/s1. The smallest absolute Gasteiger partial charge is 0.187 e. The molecule has 8 fully saturated rings. The molecule has 434 valence electrons. The van der Waals surface area contributed by atoms with Crippen molar-refractivity contribution in [1.82, 2.24) is 0 Å². The van der Waals surface area contributed by atoms with Crippen molar-refractivity contribution in [2.24, 2.45) is 45.3 Å². The Labute approximate surface area is 439 Å². The molecule has 22 heteroatoms. The Morgan fingerprint density at radius 2 is 1.16 bits per heavy atom. The Morgan fingerprint density at radius 3 is 1.80 bits per heavy atom. The second kappa shape index (κ2) is 22.7. The van der Waals surface area contributed by atoms with Gasteiger partial charge in [0.2, 0.25) is 0 Å². The molecule has 8 aliphatic rings. The summed E-state index contributed by atoms with van der Waals surface area (Å²) in [5.74, 6) is -0.395. The molecule has 4 saturated carbocycles. The molecule has 4 saturated heterocycles. The first-order chi connectivity index (χ1) is 35.1. The average Bonchev–Trinajstić information content (AvgIpc) is 3.75. The van der Waals surface area contributed by atoms with E-state index in [9.17, 15) is 71.5 Å². The van der Waals surface area contributed by atoms with Crippen LogP contribution in [-0.4, -0.2) is 232 Å². The third-order valence-corrected chi connectivity index (χ3v) is 20.5. The van der Waals surface area contributed by atoms with Gasteiger partial charge in [-0.15, -0.1) is 0 Å². The third kappa shape index (κ3) is 10.6. The fraction of sp³-hybridized carbons (Fsp3) is 0.962. The maximum atomic E-state index is 12.8. The molecule has 4 aliphatic heterocycles. The van der Waals surface area contributed by atoms with Gasteiger partial charge >= 0.3 is 0 Å². The lowest BCUT2D eigenvalue weighted by atomic mass is 9.35. The lowest BCUT2D eigenvalue weighted by Gasteiger charge is -2.71. The van der Waals surface area contributed by atoms with Gasteiger partial charge in [-0.25, -0.2) is 0 Å². The van der Waals surface area contributed by atoms with Crippen molar-refractivity contribution in [2.75, 3.05) is 26.4 Å². The van der Waals surface area contributed by atoms with Gasteiger partial charge in [-0.3, -0.25) is 0 Å². The summed E-state index contributed by atoms with van der Waals surface area (Å²) in [5, 5.41) is 151. The molecule has 4 heterocycles. The summed E-state index contributed by atoms with van der Waals surface area (Å²) in [5.41, 5.74) is -1.48. The van der Waals surface area contributed by atoms with Crippen LogP contribution in [0.2, 0.25) is 0 Å². The molecule has 4 aliphatic carbocycles. The van der Waals surface area contributed by atoms with Crippen molar-refractivity contribution in [3.05, 3.63) is 11.6 Å². The van der Waals surface area contributed by atoms with Crippen LogP contribution >= 0.6 is 0 Å². The number of allylic oxidation sites excluding steroid dienone is 2. The van der Waals surface area contributed by atoms with E-state index in [1.54, 1.807) is 0 Å². The summed E-state index contributed by atoms with van der Waals surface area (Å²) in [6.45, 7) is 15.1. The van der Waals surface area contributed by atoms with E-state index in [2.05, 4.69) is 40.7 Å². The summed E-state index contributed by atoms with van der Waals surface area (Å²) in [6.07, 6.45) is -22.6. The van der Waals surface area contributed by atoms with E-state index >= 15 is 0 Å². The number of fused-ring (bicyclic) bond motifs is 5. The summed E-state index contributed by atoms with van der Waals surface area (Å²) < 4.78 is 48.8. The van der Waals surface area contributed by atoms with Gasteiger partial charge in [-0.05, 0) is 124 Å². The lowest BCUT2D eigenvalue weighted by molar-refractivity contribution is -0.378. The Bertz CT molecular complexity index is 1940. The highest BCUT2D eigenvalue weighted by molar-refractivity contribution is 5.20. The Hall–Kier alpha value is -1.14. The molecule has 0 aromatic carbocycles. The number of ether oxygens (including phenoxy) is 8. The van der Waals surface area contributed by atoms with Crippen LogP contribution in [0.25, 0.3) is 0 Å². The summed E-state index contributed by atoms with van der Waals surface area (Å²) in [4.78, 5) is 0. The fourth-order valence-corrected chi connectivity index (χ4v) is 16.0. The Morgan fingerprint density at radius 1 is 0.587 bits per heavy atom. The molecule has 29 atom stereocenters. The van der Waals surface area contributed by atoms with Gasteiger partial charge in [0.25, 0.3) is 0 Å². The molecule has 0 unspecified atom stereocenters. The normalized spacial score (nSPS) is 52.7. The first-order valence-corrected chi connectivity index (χ1v) is 27.3. The lowest BCUT2D eigenvalue weighted by Crippen LogP contribution is -2.68. The molecule has 75 heavy (non-hydrogen) atoms. The summed E-state index contributed by atoms with van der Waals surface area (Å²) in [6, 6.07) is 0. The van der Waals surface area contributed by atoms with Crippen LogP contribution in [0.4, 0.5) is 0 Å². The number of rotatable bonds is 15. The molecular formula is C53H90O22. The van der Waals surface area contributed by atoms with Gasteiger partial charge in [0.1, 0.15) is 91.6 Å². The third-order valence-electron chi connectivity index (χ3n) is 20.5. The summed E-state index contributed by atoms with van der Waals surface area (Å²) >= 11 is 0. The molecule has 14 N–H and O–H groups in total. The Balaban J connectivity index is 1.01. The minimum absolute atomic E-state index is 0.0508. The predicted octanol–water partition coefficient (Wildman–Crippen LogP) is -1.56. The largest absolute Gasteiger partial charge is 0.394 e. The van der Waals surface area contributed by atoms with E-state index in [0.717, 1.165) is 24.8 Å². The van der Waals surface area contributed by atoms with Crippen molar-refractivity contribution < 1.29 is 109 Å². The van der Waals surface area contributed by atoms with E-state index in [0.29, 0.717) is 38.5 Å². The molecule has 0 amide bonds. The number of hydrogen-bond acceptors (Lipinski definition) is 22. The maximum Gasteiger partial charge on any atom is 0.187 e. The van der Waals surface area contributed by atoms with Gasteiger partial charge in [0.05, 0.1) is 44.2 Å². The highest BCUT2D eigenvalue weighted by atomic mass is 16.8. The van der Waals surface area contributed by atoms with Crippen LogP contribution in [-0.2, 0) is 37.9 Å². The zero-order valence-corrected chi connectivity index (χ0v) is 44.7.